The molecule has 218 valence electrons. The second-order valence-electron chi connectivity index (χ2n) is 11.4. The number of nitrogens with zero attached hydrogens (tertiary/aromatic N) is 3. The van der Waals surface area contributed by atoms with Gasteiger partial charge in [-0.25, -0.2) is 9.79 Å². The average molecular weight is 590 g/mol. The fraction of sp³-hybridized carbons (Fsp3) is 0.250. The second-order valence-corrected chi connectivity index (χ2v) is 12.4. The number of para-hydroxylation sites is 1. The largest absolute Gasteiger partial charge is 0.463 e. The van der Waals surface area contributed by atoms with Crippen molar-refractivity contribution in [1.82, 2.24) is 9.13 Å². The van der Waals surface area contributed by atoms with Crippen molar-refractivity contribution in [3.8, 4) is 0 Å². The summed E-state index contributed by atoms with van der Waals surface area (Å²) >= 11 is 1.35. The molecule has 43 heavy (non-hydrogen) atoms. The molecule has 0 aliphatic carbocycles. The summed E-state index contributed by atoms with van der Waals surface area (Å²) in [7, 11) is 0. The molecular formula is C36H35N3O3S. The predicted octanol–water partition coefficient (Wildman–Crippen LogP) is 6.59. The first kappa shape index (κ1) is 28.6. The van der Waals surface area contributed by atoms with Gasteiger partial charge < -0.3 is 9.30 Å². The number of carbonyl (C=O) groups excluding carboxylic acids is 1. The normalized spacial score (nSPS) is 15.3. The Bertz CT molecular complexity index is 2030. The summed E-state index contributed by atoms with van der Waals surface area (Å²) in [6.45, 7) is 10.6. The molecule has 0 N–H and O–H groups in total. The molecule has 0 saturated carbocycles. The molecule has 0 bridgehead atoms. The molecule has 0 fully saturated rings. The van der Waals surface area contributed by atoms with Gasteiger partial charge in [0, 0.05) is 34.3 Å². The quantitative estimate of drug-likeness (QED) is 0.201. The highest BCUT2D eigenvalue weighted by Gasteiger charge is 2.35. The van der Waals surface area contributed by atoms with Gasteiger partial charge in [0.15, 0.2) is 4.80 Å². The van der Waals surface area contributed by atoms with Crippen LogP contribution in [-0.4, -0.2) is 21.7 Å². The number of carbonyl (C=O) groups is 1. The highest BCUT2D eigenvalue weighted by atomic mass is 32.1. The van der Waals surface area contributed by atoms with Gasteiger partial charge in [-0.2, -0.15) is 0 Å². The van der Waals surface area contributed by atoms with E-state index in [1.54, 1.807) is 11.5 Å². The average Bonchev–Trinajstić information content (AvgIpc) is 3.54. The lowest BCUT2D eigenvalue weighted by molar-refractivity contribution is -0.138. The van der Waals surface area contributed by atoms with Crippen molar-refractivity contribution < 1.29 is 9.53 Å². The van der Waals surface area contributed by atoms with Crippen LogP contribution >= 0.6 is 11.3 Å². The maximum atomic E-state index is 14.3. The van der Waals surface area contributed by atoms with Crippen LogP contribution in [0.4, 0.5) is 0 Å². The van der Waals surface area contributed by atoms with Crippen LogP contribution in [0.2, 0.25) is 0 Å². The number of esters is 1. The van der Waals surface area contributed by atoms with Gasteiger partial charge in [-0.1, -0.05) is 98.0 Å². The summed E-state index contributed by atoms with van der Waals surface area (Å²) in [5, 5.41) is 1.08. The van der Waals surface area contributed by atoms with Crippen molar-refractivity contribution in [2.75, 3.05) is 6.61 Å². The van der Waals surface area contributed by atoms with E-state index in [0.717, 1.165) is 27.6 Å². The number of hydrogen-bond acceptors (Lipinski definition) is 5. The van der Waals surface area contributed by atoms with Gasteiger partial charge in [-0.3, -0.25) is 9.36 Å². The Morgan fingerprint density at radius 3 is 2.35 bits per heavy atom. The molecule has 0 saturated heterocycles. The molecule has 1 atom stereocenters. The third-order valence-electron chi connectivity index (χ3n) is 7.91. The van der Waals surface area contributed by atoms with Gasteiger partial charge in [0.05, 0.1) is 28.5 Å². The maximum Gasteiger partial charge on any atom is 0.338 e. The third-order valence-corrected chi connectivity index (χ3v) is 8.89. The van der Waals surface area contributed by atoms with Crippen molar-refractivity contribution in [3.05, 3.63) is 133 Å². The summed E-state index contributed by atoms with van der Waals surface area (Å²) in [4.78, 5) is 33.6. The Labute approximate surface area is 254 Å². The predicted molar refractivity (Wildman–Crippen MR) is 174 cm³/mol. The Morgan fingerprint density at radius 2 is 1.67 bits per heavy atom. The summed E-state index contributed by atoms with van der Waals surface area (Å²) in [6.07, 6.45) is 4.06. The van der Waals surface area contributed by atoms with Crippen LogP contribution in [-0.2, 0) is 9.53 Å². The molecule has 3 aromatic carbocycles. The Kier molecular flexibility index (Phi) is 7.75. The molecule has 0 radical (unpaired) electrons. The van der Waals surface area contributed by atoms with E-state index in [1.165, 1.54) is 16.9 Å². The number of aromatic nitrogens is 2. The van der Waals surface area contributed by atoms with Gasteiger partial charge >= 0.3 is 5.97 Å². The summed E-state index contributed by atoms with van der Waals surface area (Å²) < 4.78 is 10.1. The topological polar surface area (TPSA) is 65.6 Å². The number of ether oxygens (including phenoxy) is 1. The molecule has 0 amide bonds. The molecule has 0 spiro atoms. The molecule has 1 aliphatic rings. The second kappa shape index (κ2) is 11.7. The molecule has 7 heteroatoms. The minimum Gasteiger partial charge on any atom is -0.463 e. The minimum atomic E-state index is -0.689. The van der Waals surface area contributed by atoms with Crippen LogP contribution in [0.15, 0.2) is 100 Å². The number of rotatable bonds is 7. The van der Waals surface area contributed by atoms with Gasteiger partial charge in [-0.05, 0) is 50.0 Å². The Balaban J connectivity index is 1.64. The van der Waals surface area contributed by atoms with Crippen molar-refractivity contribution in [2.24, 2.45) is 4.99 Å². The van der Waals surface area contributed by atoms with E-state index in [2.05, 4.69) is 62.7 Å². The maximum absolute atomic E-state index is 14.3. The van der Waals surface area contributed by atoms with Crippen LogP contribution in [0.5, 0.6) is 0 Å². The molecule has 5 aromatic rings. The molecule has 3 heterocycles. The first-order valence-electron chi connectivity index (χ1n) is 14.8. The van der Waals surface area contributed by atoms with E-state index in [4.69, 9.17) is 9.73 Å². The van der Waals surface area contributed by atoms with Crippen molar-refractivity contribution >= 4 is 40.0 Å². The van der Waals surface area contributed by atoms with Crippen molar-refractivity contribution in [3.63, 3.8) is 0 Å². The van der Waals surface area contributed by atoms with Gasteiger partial charge in [0.2, 0.25) is 0 Å². The molecule has 1 aliphatic heterocycles. The smallest absolute Gasteiger partial charge is 0.338 e. The van der Waals surface area contributed by atoms with E-state index in [1.807, 2.05) is 60.7 Å². The van der Waals surface area contributed by atoms with Gasteiger partial charge in [-0.15, -0.1) is 0 Å². The lowest BCUT2D eigenvalue weighted by Crippen LogP contribution is -2.40. The SMILES string of the molecule is CCOC(=O)C1=C(c2ccccc2)N=c2s/c(=C\c3cn(C(C)C)c4ccccc34)c(=O)n2[C@H]1c1ccc(C(C)C)cc1. The van der Waals surface area contributed by atoms with Gasteiger partial charge in [0.25, 0.3) is 5.56 Å². The minimum absolute atomic E-state index is 0.183. The van der Waals surface area contributed by atoms with Crippen molar-refractivity contribution in [2.45, 2.75) is 52.6 Å². The lowest BCUT2D eigenvalue weighted by atomic mass is 9.91. The fourth-order valence-electron chi connectivity index (χ4n) is 5.73. The zero-order chi connectivity index (χ0) is 30.2. The fourth-order valence-corrected chi connectivity index (χ4v) is 6.73. The third kappa shape index (κ3) is 5.19. The summed E-state index contributed by atoms with van der Waals surface area (Å²) in [5.74, 6) is -0.124. The first-order valence-corrected chi connectivity index (χ1v) is 15.6. The van der Waals surface area contributed by atoms with Crippen LogP contribution in [0.3, 0.4) is 0 Å². The van der Waals surface area contributed by atoms with Crippen LogP contribution in [0, 0.1) is 0 Å². The number of fused-ring (bicyclic) bond motifs is 2. The number of thiazole rings is 1. The summed E-state index contributed by atoms with van der Waals surface area (Å²) in [5.41, 5.74) is 5.62. The summed E-state index contributed by atoms with van der Waals surface area (Å²) in [6, 6.07) is 25.6. The molecule has 6 nitrogen and oxygen atoms in total. The van der Waals surface area contributed by atoms with E-state index in [0.29, 0.717) is 26.5 Å². The van der Waals surface area contributed by atoms with E-state index in [-0.39, 0.29) is 18.2 Å². The van der Waals surface area contributed by atoms with Crippen LogP contribution in [0.25, 0.3) is 22.7 Å². The van der Waals surface area contributed by atoms with Gasteiger partial charge in [0.1, 0.15) is 0 Å². The Hall–Kier alpha value is -4.49. The highest BCUT2D eigenvalue weighted by molar-refractivity contribution is 7.07. The zero-order valence-corrected chi connectivity index (χ0v) is 25.9. The highest BCUT2D eigenvalue weighted by Crippen LogP contribution is 2.35. The Morgan fingerprint density at radius 1 is 0.977 bits per heavy atom. The molecular weight excluding hydrogens is 554 g/mol. The number of hydrogen-bond donors (Lipinski definition) is 0. The molecule has 6 rings (SSSR count). The number of benzene rings is 3. The standard InChI is InChI=1S/C36H35N3O3S/c1-6-42-35(41)31-32(25-12-8-7-9-13-25)37-36-39(33(31)26-18-16-24(17-19-26)22(2)3)34(40)30(43-36)20-27-21-38(23(4)5)29-15-11-10-14-28(27)29/h7-23,33H,6H2,1-5H3/b30-20-/t33-/m0/s1. The first-order chi connectivity index (χ1) is 20.8. The van der Waals surface area contributed by atoms with E-state index in [9.17, 15) is 9.59 Å². The van der Waals surface area contributed by atoms with Crippen molar-refractivity contribution in [1.29, 1.82) is 0 Å². The molecule has 2 aromatic heterocycles. The lowest BCUT2D eigenvalue weighted by Gasteiger charge is -2.26. The zero-order valence-electron chi connectivity index (χ0n) is 25.1. The van der Waals surface area contributed by atoms with Crippen LogP contribution < -0.4 is 14.9 Å². The van der Waals surface area contributed by atoms with E-state index >= 15 is 0 Å². The van der Waals surface area contributed by atoms with Crippen LogP contribution in [0.1, 0.15) is 74.9 Å². The van der Waals surface area contributed by atoms with E-state index < -0.39 is 12.0 Å². The monoisotopic (exact) mass is 589 g/mol. The molecule has 0 unspecified atom stereocenters.